The smallest absolute Gasteiger partial charge is 0.261 e. The fraction of sp³-hybridized carbons (Fsp3) is 0.310. The van der Waals surface area contributed by atoms with Crippen LogP contribution in [0.5, 0.6) is 11.5 Å². The highest BCUT2D eigenvalue weighted by atomic mass is 32.2. The Balaban J connectivity index is 1.68. The van der Waals surface area contributed by atoms with E-state index in [-0.39, 0.29) is 41.3 Å². The molecular weight excluding hydrogens is 537 g/mol. The summed E-state index contributed by atoms with van der Waals surface area (Å²) in [5, 5.41) is 2.86. The number of carbonyl (C=O) groups excluding carboxylic acids is 2. The molecule has 0 aliphatic rings. The van der Waals surface area contributed by atoms with Crippen molar-refractivity contribution in [2.45, 2.75) is 38.3 Å². The average molecular weight is 572 g/mol. The van der Waals surface area contributed by atoms with Gasteiger partial charge in [0, 0.05) is 18.8 Å². The van der Waals surface area contributed by atoms with E-state index in [4.69, 9.17) is 9.47 Å². The number of ether oxygens (including phenoxy) is 2. The third-order valence-electron chi connectivity index (χ3n) is 5.96. The molecular formula is C29H34FN3O6S. The lowest BCUT2D eigenvalue weighted by molar-refractivity contribution is -0.142. The summed E-state index contributed by atoms with van der Waals surface area (Å²) in [6, 6.07) is 16.9. The molecule has 0 saturated carbocycles. The molecule has 0 unspecified atom stereocenters. The Kier molecular flexibility index (Phi) is 10.5. The van der Waals surface area contributed by atoms with Gasteiger partial charge in [0.15, 0.2) is 6.61 Å². The van der Waals surface area contributed by atoms with E-state index in [1.54, 1.807) is 26.2 Å². The molecule has 1 atom stereocenters. The maximum Gasteiger partial charge on any atom is 0.261 e. The third kappa shape index (κ3) is 8.70. The summed E-state index contributed by atoms with van der Waals surface area (Å²) in [4.78, 5) is 27.4. The minimum atomic E-state index is -3.92. The molecule has 40 heavy (non-hydrogen) atoms. The zero-order chi connectivity index (χ0) is 29.3. The van der Waals surface area contributed by atoms with E-state index in [1.165, 1.54) is 41.3 Å². The molecule has 11 heteroatoms. The first kappa shape index (κ1) is 30.4. The highest BCUT2D eigenvalue weighted by Gasteiger charge is 2.26. The highest BCUT2D eigenvalue weighted by molar-refractivity contribution is 7.92. The van der Waals surface area contributed by atoms with Gasteiger partial charge >= 0.3 is 0 Å². The Bertz CT molecular complexity index is 1380. The van der Waals surface area contributed by atoms with Crippen molar-refractivity contribution < 1.29 is 31.9 Å². The molecule has 0 radical (unpaired) electrons. The summed E-state index contributed by atoms with van der Waals surface area (Å²) in [5.41, 5.74) is 1.02. The molecule has 0 spiro atoms. The van der Waals surface area contributed by atoms with Crippen LogP contribution in [0.3, 0.4) is 0 Å². The molecule has 0 saturated heterocycles. The topological polar surface area (TPSA) is 114 Å². The van der Waals surface area contributed by atoms with Crippen LogP contribution in [-0.4, -0.2) is 51.4 Å². The van der Waals surface area contributed by atoms with Crippen LogP contribution in [0.1, 0.15) is 26.3 Å². The van der Waals surface area contributed by atoms with E-state index < -0.39 is 27.8 Å². The van der Waals surface area contributed by atoms with Crippen molar-refractivity contribution in [3.05, 3.63) is 84.2 Å². The number of anilines is 1. The fourth-order valence-electron chi connectivity index (χ4n) is 3.64. The monoisotopic (exact) mass is 571 g/mol. The van der Waals surface area contributed by atoms with Crippen LogP contribution in [0.4, 0.5) is 10.1 Å². The average Bonchev–Trinajstić information content (AvgIpc) is 2.94. The third-order valence-corrected chi connectivity index (χ3v) is 7.35. The van der Waals surface area contributed by atoms with Crippen LogP contribution < -0.4 is 19.5 Å². The van der Waals surface area contributed by atoms with E-state index in [0.717, 1.165) is 17.7 Å². The number of methoxy groups -OCH3 is 1. The van der Waals surface area contributed by atoms with Gasteiger partial charge in [0.25, 0.3) is 15.9 Å². The lowest BCUT2D eigenvalue weighted by Gasteiger charge is -2.29. The van der Waals surface area contributed by atoms with Gasteiger partial charge in [-0.3, -0.25) is 14.3 Å². The van der Waals surface area contributed by atoms with Gasteiger partial charge in [0.1, 0.15) is 23.4 Å². The zero-order valence-electron chi connectivity index (χ0n) is 22.9. The molecule has 2 N–H and O–H groups in total. The molecule has 0 aromatic heterocycles. The number of sulfonamides is 1. The summed E-state index contributed by atoms with van der Waals surface area (Å²) in [6.45, 7) is 5.91. The number of nitrogens with zero attached hydrogens (tertiary/aromatic N) is 1. The molecule has 0 heterocycles. The number of carbonyl (C=O) groups is 2. The number of amides is 2. The molecule has 0 aliphatic carbocycles. The van der Waals surface area contributed by atoms with Crippen molar-refractivity contribution >= 4 is 27.5 Å². The molecule has 3 aromatic rings. The fourth-order valence-corrected chi connectivity index (χ4v) is 4.70. The Labute approximate surface area is 234 Å². The Hall–Kier alpha value is -4.12. The van der Waals surface area contributed by atoms with Gasteiger partial charge in [0.05, 0.1) is 12.0 Å². The quantitative estimate of drug-likeness (QED) is 0.318. The molecule has 2 amide bonds. The van der Waals surface area contributed by atoms with Gasteiger partial charge in [-0.05, 0) is 79.1 Å². The first-order valence-electron chi connectivity index (χ1n) is 12.7. The van der Waals surface area contributed by atoms with Crippen LogP contribution >= 0.6 is 0 Å². The minimum Gasteiger partial charge on any atom is -0.497 e. The largest absolute Gasteiger partial charge is 0.497 e. The van der Waals surface area contributed by atoms with E-state index in [1.807, 2.05) is 26.0 Å². The first-order chi connectivity index (χ1) is 19.0. The summed E-state index contributed by atoms with van der Waals surface area (Å²) < 4.78 is 51.6. The zero-order valence-corrected chi connectivity index (χ0v) is 23.7. The van der Waals surface area contributed by atoms with E-state index in [0.29, 0.717) is 12.3 Å². The number of rotatable bonds is 13. The molecule has 0 bridgehead atoms. The van der Waals surface area contributed by atoms with Crippen molar-refractivity contribution in [1.29, 1.82) is 0 Å². The number of nitrogens with one attached hydrogen (secondary N) is 2. The normalized spacial score (nSPS) is 11.9. The van der Waals surface area contributed by atoms with Crippen molar-refractivity contribution in [3.8, 4) is 11.5 Å². The SMILES string of the molecule is COc1ccc(CN(C(=O)COc2ccc(S(=O)(=O)Nc3ccc(F)cc3)cc2)[C@@H](C)C(=O)NCC(C)C)cc1. The number of hydrogen-bond acceptors (Lipinski definition) is 6. The van der Waals surface area contributed by atoms with Crippen LogP contribution in [0, 0.1) is 11.7 Å². The maximum atomic E-state index is 13.2. The molecule has 3 rings (SSSR count). The summed E-state index contributed by atoms with van der Waals surface area (Å²) >= 11 is 0. The van der Waals surface area contributed by atoms with Gasteiger partial charge in [-0.1, -0.05) is 26.0 Å². The van der Waals surface area contributed by atoms with Crippen molar-refractivity contribution in [3.63, 3.8) is 0 Å². The van der Waals surface area contributed by atoms with Crippen molar-refractivity contribution in [2.24, 2.45) is 5.92 Å². The molecule has 0 fully saturated rings. The van der Waals surface area contributed by atoms with E-state index in [9.17, 15) is 22.4 Å². The predicted molar refractivity (Wildman–Crippen MR) is 150 cm³/mol. The van der Waals surface area contributed by atoms with Gasteiger partial charge in [-0.15, -0.1) is 0 Å². The number of benzene rings is 3. The second-order valence-corrected chi connectivity index (χ2v) is 11.2. The summed E-state index contributed by atoms with van der Waals surface area (Å²) in [7, 11) is -2.35. The second kappa shape index (κ2) is 13.8. The lowest BCUT2D eigenvalue weighted by Crippen LogP contribution is -2.49. The predicted octanol–water partition coefficient (Wildman–Crippen LogP) is 4.20. The van der Waals surface area contributed by atoms with Gasteiger partial charge in [-0.25, -0.2) is 12.8 Å². The van der Waals surface area contributed by atoms with E-state index >= 15 is 0 Å². The van der Waals surface area contributed by atoms with Crippen LogP contribution in [0.15, 0.2) is 77.7 Å². The standard InChI is InChI=1S/C29H34FN3O6S/c1-20(2)17-31-29(35)21(3)33(18-22-5-11-25(38-4)12-6-22)28(34)19-39-26-13-15-27(16-14-26)40(36,37)32-24-9-7-23(30)8-10-24/h5-16,20-21,32H,17-19H2,1-4H3,(H,31,35)/t21-/m0/s1. The molecule has 3 aromatic carbocycles. The minimum absolute atomic E-state index is 0.0351. The molecule has 214 valence electrons. The summed E-state index contributed by atoms with van der Waals surface area (Å²) in [5.74, 6) is 0.0212. The van der Waals surface area contributed by atoms with Gasteiger partial charge in [0.2, 0.25) is 5.91 Å². The molecule has 0 aliphatic heterocycles. The van der Waals surface area contributed by atoms with Gasteiger partial charge in [-0.2, -0.15) is 0 Å². The molecule has 9 nitrogen and oxygen atoms in total. The van der Waals surface area contributed by atoms with Gasteiger partial charge < -0.3 is 19.7 Å². The van der Waals surface area contributed by atoms with E-state index in [2.05, 4.69) is 10.0 Å². The second-order valence-electron chi connectivity index (χ2n) is 9.56. The Morgan fingerprint density at radius 1 is 0.900 bits per heavy atom. The van der Waals surface area contributed by atoms with Crippen LogP contribution in [0.2, 0.25) is 0 Å². The highest BCUT2D eigenvalue weighted by Crippen LogP contribution is 2.20. The Morgan fingerprint density at radius 2 is 1.50 bits per heavy atom. The maximum absolute atomic E-state index is 13.2. The van der Waals surface area contributed by atoms with Crippen molar-refractivity contribution in [2.75, 3.05) is 25.0 Å². The first-order valence-corrected chi connectivity index (χ1v) is 14.2. The number of hydrogen-bond donors (Lipinski definition) is 2. The summed E-state index contributed by atoms with van der Waals surface area (Å²) in [6.07, 6.45) is 0. The van der Waals surface area contributed by atoms with Crippen LogP contribution in [0.25, 0.3) is 0 Å². The lowest BCUT2D eigenvalue weighted by atomic mass is 10.1. The Morgan fingerprint density at radius 3 is 2.08 bits per heavy atom. The van der Waals surface area contributed by atoms with Crippen molar-refractivity contribution in [1.82, 2.24) is 10.2 Å². The van der Waals surface area contributed by atoms with Crippen LogP contribution in [-0.2, 0) is 26.2 Å². The number of halogens is 1.